The van der Waals surface area contributed by atoms with Crippen molar-refractivity contribution in [3.8, 4) is 5.75 Å². The first-order valence-corrected chi connectivity index (χ1v) is 10.5. The van der Waals surface area contributed by atoms with Crippen LogP contribution in [-0.2, 0) is 19.6 Å². The molecule has 0 fully saturated rings. The fourth-order valence-electron chi connectivity index (χ4n) is 2.36. The lowest BCUT2D eigenvalue weighted by Gasteiger charge is -2.12. The lowest BCUT2D eigenvalue weighted by molar-refractivity contribution is -0.118. The largest absolute Gasteiger partial charge is 0.482 e. The van der Waals surface area contributed by atoms with Crippen LogP contribution in [0.2, 0.25) is 5.02 Å². The highest BCUT2D eigenvalue weighted by molar-refractivity contribution is 7.89. The molecule has 0 aliphatic heterocycles. The zero-order chi connectivity index (χ0) is 21.6. The number of amides is 2. The predicted octanol–water partition coefficient (Wildman–Crippen LogP) is 3.00. The van der Waals surface area contributed by atoms with E-state index in [1.165, 1.54) is 25.1 Å². The highest BCUT2D eigenvalue weighted by atomic mass is 35.5. The summed E-state index contributed by atoms with van der Waals surface area (Å²) in [5.41, 5.74) is 1.03. The second-order valence-electron chi connectivity index (χ2n) is 6.47. The normalized spacial score (nSPS) is 11.2. The highest BCUT2D eigenvalue weighted by Gasteiger charge is 2.17. The van der Waals surface area contributed by atoms with Gasteiger partial charge in [-0.05, 0) is 50.2 Å². The first-order valence-electron chi connectivity index (χ1n) is 8.69. The monoisotopic (exact) mass is 439 g/mol. The standard InChI is InChI=1S/C19H22ClN3O5S/c1-12(2)23-29(26,27)16-7-8-18(17(20)10-16)28-11-19(25)22-15-6-4-5-14(9-15)21-13(3)24/h4-10,12,23H,11H2,1-3H3,(H,21,24)(H,22,25). The van der Waals surface area contributed by atoms with E-state index in [2.05, 4.69) is 15.4 Å². The molecule has 156 valence electrons. The van der Waals surface area contributed by atoms with Gasteiger partial charge in [0.05, 0.1) is 9.92 Å². The lowest BCUT2D eigenvalue weighted by atomic mass is 10.2. The maximum absolute atomic E-state index is 12.2. The van der Waals surface area contributed by atoms with Crippen LogP contribution in [-0.4, -0.2) is 32.9 Å². The molecule has 2 rings (SSSR count). The summed E-state index contributed by atoms with van der Waals surface area (Å²) in [5, 5.41) is 5.32. The quantitative estimate of drug-likeness (QED) is 0.585. The van der Waals surface area contributed by atoms with Gasteiger partial charge in [0.2, 0.25) is 15.9 Å². The number of ether oxygens (including phenoxy) is 1. The first-order chi connectivity index (χ1) is 13.6. The van der Waals surface area contributed by atoms with E-state index in [1.807, 2.05) is 0 Å². The molecule has 0 saturated carbocycles. The van der Waals surface area contributed by atoms with Crippen molar-refractivity contribution in [2.24, 2.45) is 0 Å². The van der Waals surface area contributed by atoms with Crippen molar-refractivity contribution < 1.29 is 22.7 Å². The summed E-state index contributed by atoms with van der Waals surface area (Å²) in [7, 11) is -3.68. The number of hydrogen-bond acceptors (Lipinski definition) is 5. The Morgan fingerprint density at radius 1 is 1.07 bits per heavy atom. The molecule has 0 aliphatic rings. The Morgan fingerprint density at radius 2 is 1.72 bits per heavy atom. The average Bonchev–Trinajstić information content (AvgIpc) is 2.59. The summed E-state index contributed by atoms with van der Waals surface area (Å²) in [6, 6.07) is 10.4. The van der Waals surface area contributed by atoms with Crippen LogP contribution < -0.4 is 20.1 Å². The second kappa shape index (κ2) is 9.73. The molecule has 2 aromatic carbocycles. The number of benzene rings is 2. The molecule has 0 spiro atoms. The Kier molecular flexibility index (Phi) is 7.60. The van der Waals surface area contributed by atoms with Crippen LogP contribution in [0.3, 0.4) is 0 Å². The van der Waals surface area contributed by atoms with Gasteiger partial charge in [-0.15, -0.1) is 0 Å². The van der Waals surface area contributed by atoms with Crippen LogP contribution in [0.25, 0.3) is 0 Å². The van der Waals surface area contributed by atoms with E-state index in [1.54, 1.807) is 38.1 Å². The summed E-state index contributed by atoms with van der Waals surface area (Å²) in [6.07, 6.45) is 0. The van der Waals surface area contributed by atoms with Gasteiger partial charge in [-0.25, -0.2) is 13.1 Å². The fraction of sp³-hybridized carbons (Fsp3) is 0.263. The predicted molar refractivity (Wildman–Crippen MR) is 112 cm³/mol. The van der Waals surface area contributed by atoms with Crippen LogP contribution in [0.15, 0.2) is 47.4 Å². The van der Waals surface area contributed by atoms with Gasteiger partial charge < -0.3 is 15.4 Å². The molecule has 0 bridgehead atoms. The average molecular weight is 440 g/mol. The number of halogens is 1. The fourth-order valence-corrected chi connectivity index (χ4v) is 3.94. The Labute approximate surface area is 174 Å². The van der Waals surface area contributed by atoms with Gasteiger partial charge in [0, 0.05) is 24.3 Å². The molecule has 0 saturated heterocycles. The summed E-state index contributed by atoms with van der Waals surface area (Å²) in [6.45, 7) is 4.47. The van der Waals surface area contributed by atoms with Crippen LogP contribution >= 0.6 is 11.6 Å². The van der Waals surface area contributed by atoms with Crippen LogP contribution in [0.5, 0.6) is 5.75 Å². The van der Waals surface area contributed by atoms with Gasteiger partial charge in [0.1, 0.15) is 5.75 Å². The molecular weight excluding hydrogens is 418 g/mol. The Hall–Kier alpha value is -2.62. The van der Waals surface area contributed by atoms with Crippen molar-refractivity contribution in [3.63, 3.8) is 0 Å². The van der Waals surface area contributed by atoms with Crippen molar-refractivity contribution in [2.45, 2.75) is 31.7 Å². The molecule has 0 unspecified atom stereocenters. The number of anilines is 2. The van der Waals surface area contributed by atoms with E-state index in [-0.39, 0.29) is 34.2 Å². The van der Waals surface area contributed by atoms with Gasteiger partial charge >= 0.3 is 0 Å². The number of carbonyl (C=O) groups excluding carboxylic acids is 2. The summed E-state index contributed by atoms with van der Waals surface area (Å²) in [4.78, 5) is 23.2. The second-order valence-corrected chi connectivity index (χ2v) is 8.59. The Morgan fingerprint density at radius 3 is 2.31 bits per heavy atom. The molecule has 0 atom stereocenters. The van der Waals surface area contributed by atoms with E-state index in [9.17, 15) is 18.0 Å². The maximum Gasteiger partial charge on any atom is 0.262 e. The molecule has 10 heteroatoms. The van der Waals surface area contributed by atoms with E-state index in [0.717, 1.165) is 0 Å². The summed E-state index contributed by atoms with van der Waals surface area (Å²) >= 11 is 6.10. The molecule has 0 heterocycles. The van der Waals surface area contributed by atoms with E-state index >= 15 is 0 Å². The van der Waals surface area contributed by atoms with E-state index in [4.69, 9.17) is 16.3 Å². The third-order valence-corrected chi connectivity index (χ3v) is 5.38. The van der Waals surface area contributed by atoms with Crippen molar-refractivity contribution in [1.29, 1.82) is 0 Å². The van der Waals surface area contributed by atoms with Gasteiger partial charge in [0.15, 0.2) is 6.61 Å². The van der Waals surface area contributed by atoms with E-state index < -0.39 is 15.9 Å². The Bertz CT molecular complexity index is 1010. The van der Waals surface area contributed by atoms with E-state index in [0.29, 0.717) is 11.4 Å². The molecular formula is C19H22ClN3O5S. The third-order valence-electron chi connectivity index (χ3n) is 3.43. The molecule has 0 aliphatic carbocycles. The minimum absolute atomic E-state index is 0.00258. The molecule has 2 aromatic rings. The molecule has 2 amide bonds. The minimum Gasteiger partial charge on any atom is -0.482 e. The molecule has 0 radical (unpaired) electrons. The summed E-state index contributed by atoms with van der Waals surface area (Å²) < 4.78 is 32.2. The SMILES string of the molecule is CC(=O)Nc1cccc(NC(=O)COc2ccc(S(=O)(=O)NC(C)C)cc2Cl)c1. The molecule has 29 heavy (non-hydrogen) atoms. The van der Waals surface area contributed by atoms with Crippen LogP contribution in [0.4, 0.5) is 11.4 Å². The zero-order valence-electron chi connectivity index (χ0n) is 16.2. The van der Waals surface area contributed by atoms with Gasteiger partial charge in [-0.3, -0.25) is 9.59 Å². The number of rotatable bonds is 8. The number of hydrogen-bond donors (Lipinski definition) is 3. The first kappa shape index (κ1) is 22.7. The van der Waals surface area contributed by atoms with Gasteiger partial charge in [-0.2, -0.15) is 0 Å². The molecule has 3 N–H and O–H groups in total. The van der Waals surface area contributed by atoms with Crippen molar-refractivity contribution in [2.75, 3.05) is 17.2 Å². The van der Waals surface area contributed by atoms with Crippen molar-refractivity contribution in [1.82, 2.24) is 4.72 Å². The molecule has 8 nitrogen and oxygen atoms in total. The van der Waals surface area contributed by atoms with Crippen molar-refractivity contribution in [3.05, 3.63) is 47.5 Å². The topological polar surface area (TPSA) is 114 Å². The van der Waals surface area contributed by atoms with Gasteiger partial charge in [-0.1, -0.05) is 17.7 Å². The number of carbonyl (C=O) groups is 2. The number of sulfonamides is 1. The molecule has 0 aromatic heterocycles. The van der Waals surface area contributed by atoms with Crippen LogP contribution in [0.1, 0.15) is 20.8 Å². The Balaban J connectivity index is 1.99. The van der Waals surface area contributed by atoms with Crippen LogP contribution in [0, 0.1) is 0 Å². The maximum atomic E-state index is 12.2. The highest BCUT2D eigenvalue weighted by Crippen LogP contribution is 2.27. The number of nitrogens with one attached hydrogen (secondary N) is 3. The zero-order valence-corrected chi connectivity index (χ0v) is 17.7. The van der Waals surface area contributed by atoms with Crippen molar-refractivity contribution >= 4 is 44.8 Å². The summed E-state index contributed by atoms with van der Waals surface area (Å²) in [5.74, 6) is -0.489. The van der Waals surface area contributed by atoms with Gasteiger partial charge in [0.25, 0.3) is 5.91 Å². The lowest BCUT2D eigenvalue weighted by Crippen LogP contribution is -2.30. The third kappa shape index (κ3) is 7.04. The smallest absolute Gasteiger partial charge is 0.262 e. The minimum atomic E-state index is -3.68.